The van der Waals surface area contributed by atoms with Gasteiger partial charge >= 0.3 is 12.1 Å². The van der Waals surface area contributed by atoms with Crippen LogP contribution in [-0.4, -0.2) is 29.9 Å². The molecule has 0 radical (unpaired) electrons. The zero-order valence-electron chi connectivity index (χ0n) is 14.8. The predicted molar refractivity (Wildman–Crippen MR) is 93.9 cm³/mol. The Morgan fingerprint density at radius 1 is 1.00 bits per heavy atom. The van der Waals surface area contributed by atoms with Crippen LogP contribution in [0.2, 0.25) is 0 Å². The number of nitrogens with zero attached hydrogens (tertiary/aromatic N) is 1. The second-order valence-electron chi connectivity index (χ2n) is 5.84. The lowest BCUT2D eigenvalue weighted by Gasteiger charge is -2.23. The molecular formula is C20H20F3NO3. The van der Waals surface area contributed by atoms with Crippen LogP contribution in [0, 0.1) is 0 Å². The summed E-state index contributed by atoms with van der Waals surface area (Å²) in [5.41, 5.74) is 0.157. The van der Waals surface area contributed by atoms with E-state index in [4.69, 9.17) is 4.74 Å². The molecule has 7 heteroatoms. The summed E-state index contributed by atoms with van der Waals surface area (Å²) in [5, 5.41) is 0. The number of benzene rings is 2. The Balaban J connectivity index is 2.17. The minimum Gasteiger partial charge on any atom is -0.466 e. The topological polar surface area (TPSA) is 46.6 Å². The molecule has 0 aliphatic carbocycles. The number of carbonyl (C=O) groups is 2. The van der Waals surface area contributed by atoms with E-state index in [9.17, 15) is 22.8 Å². The Morgan fingerprint density at radius 2 is 1.63 bits per heavy atom. The second-order valence-corrected chi connectivity index (χ2v) is 5.84. The maximum absolute atomic E-state index is 12.8. The number of hydrogen-bond donors (Lipinski definition) is 0. The highest BCUT2D eigenvalue weighted by Gasteiger charge is 2.30. The molecule has 0 fully saturated rings. The summed E-state index contributed by atoms with van der Waals surface area (Å²) in [7, 11) is 0. The first-order valence-electron chi connectivity index (χ1n) is 8.47. The highest BCUT2D eigenvalue weighted by atomic mass is 19.4. The van der Waals surface area contributed by atoms with Crippen molar-refractivity contribution in [1.29, 1.82) is 0 Å². The Bertz CT molecular complexity index is 758. The lowest BCUT2D eigenvalue weighted by Crippen LogP contribution is -2.33. The molecule has 0 unspecified atom stereocenters. The van der Waals surface area contributed by atoms with E-state index in [0.29, 0.717) is 0 Å². The van der Waals surface area contributed by atoms with Gasteiger partial charge in [0.1, 0.15) is 0 Å². The fourth-order valence-corrected chi connectivity index (χ4v) is 2.50. The van der Waals surface area contributed by atoms with Crippen LogP contribution in [0.15, 0.2) is 54.6 Å². The molecule has 0 N–H and O–H groups in total. The molecule has 4 nitrogen and oxygen atoms in total. The van der Waals surface area contributed by atoms with E-state index in [-0.39, 0.29) is 31.7 Å². The van der Waals surface area contributed by atoms with Gasteiger partial charge in [0.05, 0.1) is 18.6 Å². The molecule has 0 heterocycles. The summed E-state index contributed by atoms with van der Waals surface area (Å²) in [4.78, 5) is 25.8. The van der Waals surface area contributed by atoms with E-state index in [1.807, 2.05) is 30.3 Å². The molecule has 0 aliphatic rings. The van der Waals surface area contributed by atoms with Crippen LogP contribution >= 0.6 is 0 Å². The summed E-state index contributed by atoms with van der Waals surface area (Å²) < 4.78 is 43.0. The molecule has 0 spiro atoms. The van der Waals surface area contributed by atoms with Crippen LogP contribution in [0.4, 0.5) is 13.2 Å². The number of hydrogen-bond acceptors (Lipinski definition) is 3. The fraction of sp³-hybridized carbons (Fsp3) is 0.300. The standard InChI is InChI=1S/C20H20F3NO3/c1-2-27-18(25)12-13-24(14-15-6-4-3-5-7-15)19(26)16-8-10-17(11-9-16)20(21,22)23/h3-11H,2,12-14H2,1H3. The third-order valence-corrected chi connectivity index (χ3v) is 3.85. The number of ether oxygens (including phenoxy) is 1. The van der Waals surface area contributed by atoms with Crippen molar-refractivity contribution in [3.8, 4) is 0 Å². The zero-order valence-corrected chi connectivity index (χ0v) is 14.8. The minimum absolute atomic E-state index is 0.00699. The first kappa shape index (κ1) is 20.5. The van der Waals surface area contributed by atoms with Gasteiger partial charge in [0.15, 0.2) is 0 Å². The van der Waals surface area contributed by atoms with Gasteiger partial charge in [-0.1, -0.05) is 30.3 Å². The third-order valence-electron chi connectivity index (χ3n) is 3.85. The van der Waals surface area contributed by atoms with Gasteiger partial charge < -0.3 is 9.64 Å². The van der Waals surface area contributed by atoms with Gasteiger partial charge in [-0.05, 0) is 36.8 Å². The molecular weight excluding hydrogens is 359 g/mol. The van der Waals surface area contributed by atoms with Crippen LogP contribution in [0.1, 0.15) is 34.8 Å². The third kappa shape index (κ3) is 6.13. The maximum atomic E-state index is 12.8. The first-order chi connectivity index (χ1) is 12.8. The van der Waals surface area contributed by atoms with Gasteiger partial charge in [-0.3, -0.25) is 9.59 Å². The number of esters is 1. The lowest BCUT2D eigenvalue weighted by molar-refractivity contribution is -0.143. The summed E-state index contributed by atoms with van der Waals surface area (Å²) in [6.45, 7) is 2.27. The molecule has 0 aliphatic heterocycles. The maximum Gasteiger partial charge on any atom is 0.416 e. The Kier molecular flexibility index (Phi) is 6.98. The van der Waals surface area contributed by atoms with Crippen LogP contribution in [0.3, 0.4) is 0 Å². The molecule has 0 aromatic heterocycles. The van der Waals surface area contributed by atoms with E-state index in [0.717, 1.165) is 29.8 Å². The predicted octanol–water partition coefficient (Wildman–Crippen LogP) is 4.30. The quantitative estimate of drug-likeness (QED) is 0.674. The number of rotatable bonds is 7. The van der Waals surface area contributed by atoms with Crippen molar-refractivity contribution in [2.24, 2.45) is 0 Å². The molecule has 1 amide bonds. The molecule has 144 valence electrons. The van der Waals surface area contributed by atoms with Crippen molar-refractivity contribution >= 4 is 11.9 Å². The molecule has 2 aromatic carbocycles. The van der Waals surface area contributed by atoms with Crippen molar-refractivity contribution in [1.82, 2.24) is 4.90 Å². The van der Waals surface area contributed by atoms with Gasteiger partial charge in [-0.2, -0.15) is 13.2 Å². The summed E-state index contributed by atoms with van der Waals surface area (Å²) in [6, 6.07) is 13.2. The number of halogens is 3. The van der Waals surface area contributed by atoms with E-state index in [1.54, 1.807) is 6.92 Å². The van der Waals surface area contributed by atoms with Gasteiger partial charge in [-0.25, -0.2) is 0 Å². The number of alkyl halides is 3. The van der Waals surface area contributed by atoms with Crippen LogP contribution in [0.5, 0.6) is 0 Å². The summed E-state index contributed by atoms with van der Waals surface area (Å²) in [5.74, 6) is -0.882. The van der Waals surface area contributed by atoms with E-state index in [1.165, 1.54) is 4.90 Å². The summed E-state index contributed by atoms with van der Waals surface area (Å²) >= 11 is 0. The van der Waals surface area contributed by atoms with Gasteiger partial charge in [0.25, 0.3) is 5.91 Å². The van der Waals surface area contributed by atoms with Crippen molar-refractivity contribution in [2.75, 3.05) is 13.2 Å². The average molecular weight is 379 g/mol. The molecule has 0 atom stereocenters. The largest absolute Gasteiger partial charge is 0.466 e. The molecule has 2 rings (SSSR count). The van der Waals surface area contributed by atoms with Crippen LogP contribution in [0.25, 0.3) is 0 Å². The molecule has 0 saturated heterocycles. The molecule has 27 heavy (non-hydrogen) atoms. The molecule has 2 aromatic rings. The monoisotopic (exact) mass is 379 g/mol. The Labute approximate surface area is 155 Å². The molecule has 0 bridgehead atoms. The van der Waals surface area contributed by atoms with Gasteiger partial charge in [0.2, 0.25) is 0 Å². The fourth-order valence-electron chi connectivity index (χ4n) is 2.50. The van der Waals surface area contributed by atoms with Crippen molar-refractivity contribution in [3.63, 3.8) is 0 Å². The molecule has 0 saturated carbocycles. The van der Waals surface area contributed by atoms with Crippen molar-refractivity contribution < 1.29 is 27.5 Å². The SMILES string of the molecule is CCOC(=O)CCN(Cc1ccccc1)C(=O)c1ccc(C(F)(F)F)cc1. The van der Waals surface area contributed by atoms with Crippen LogP contribution in [-0.2, 0) is 22.3 Å². The van der Waals surface area contributed by atoms with Gasteiger partial charge in [0, 0.05) is 18.7 Å². The summed E-state index contributed by atoms with van der Waals surface area (Å²) in [6.07, 6.45) is -4.46. The van der Waals surface area contributed by atoms with Gasteiger partial charge in [-0.15, -0.1) is 0 Å². The average Bonchev–Trinajstić information content (AvgIpc) is 2.65. The zero-order chi connectivity index (χ0) is 19.9. The minimum atomic E-state index is -4.46. The lowest BCUT2D eigenvalue weighted by atomic mass is 10.1. The van der Waals surface area contributed by atoms with E-state index >= 15 is 0 Å². The van der Waals surface area contributed by atoms with Crippen molar-refractivity contribution in [3.05, 3.63) is 71.3 Å². The Hall–Kier alpha value is -2.83. The first-order valence-corrected chi connectivity index (χ1v) is 8.47. The van der Waals surface area contributed by atoms with Crippen molar-refractivity contribution in [2.45, 2.75) is 26.1 Å². The van der Waals surface area contributed by atoms with E-state index < -0.39 is 23.6 Å². The smallest absolute Gasteiger partial charge is 0.416 e. The highest BCUT2D eigenvalue weighted by molar-refractivity contribution is 5.94. The normalized spacial score (nSPS) is 11.1. The Morgan fingerprint density at radius 3 is 2.19 bits per heavy atom. The number of amides is 1. The van der Waals surface area contributed by atoms with Crippen LogP contribution < -0.4 is 0 Å². The second kappa shape index (κ2) is 9.21. The van der Waals surface area contributed by atoms with E-state index in [2.05, 4.69) is 0 Å². The highest BCUT2D eigenvalue weighted by Crippen LogP contribution is 2.29. The number of carbonyl (C=O) groups excluding carboxylic acids is 2.